The Morgan fingerprint density at radius 1 is 1.00 bits per heavy atom. The molecule has 76 valence electrons. The van der Waals surface area contributed by atoms with Crippen LogP contribution in [-0.2, 0) is 0 Å². The Morgan fingerprint density at radius 3 is 2.15 bits per heavy atom. The highest BCUT2D eigenvalue weighted by atomic mass is 16.4. The molecular weight excluding hydrogens is 176 g/mol. The fraction of sp³-hybridized carbons (Fsp3) is 1.00. The fourth-order valence-electron chi connectivity index (χ4n) is 2.39. The molecule has 0 saturated heterocycles. The third-order valence-corrected chi connectivity index (χ3v) is 3.50. The molecular formula is C8H14O5. The maximum atomic E-state index is 9.55. The van der Waals surface area contributed by atoms with Crippen LogP contribution in [0.1, 0.15) is 6.42 Å². The Hall–Kier alpha value is -0.200. The molecule has 2 rings (SSSR count). The van der Waals surface area contributed by atoms with Gasteiger partial charge in [-0.15, -0.1) is 0 Å². The molecule has 0 spiro atoms. The first-order chi connectivity index (χ1) is 6.04. The van der Waals surface area contributed by atoms with Crippen molar-refractivity contribution in [1.29, 1.82) is 0 Å². The molecule has 13 heavy (non-hydrogen) atoms. The van der Waals surface area contributed by atoms with E-state index in [0.717, 1.165) is 0 Å². The lowest BCUT2D eigenvalue weighted by molar-refractivity contribution is -0.167. The van der Waals surface area contributed by atoms with Gasteiger partial charge < -0.3 is 25.5 Å². The van der Waals surface area contributed by atoms with Gasteiger partial charge in [-0.2, -0.15) is 0 Å². The normalized spacial score (nSPS) is 60.2. The molecule has 0 aliphatic heterocycles. The molecule has 0 amide bonds. The molecule has 2 aliphatic carbocycles. The van der Waals surface area contributed by atoms with Crippen molar-refractivity contribution in [2.24, 2.45) is 11.3 Å². The maximum absolute atomic E-state index is 9.55. The number of fused-ring (bicyclic) bond motifs is 1. The predicted molar refractivity (Wildman–Crippen MR) is 41.7 cm³/mol. The van der Waals surface area contributed by atoms with Crippen molar-refractivity contribution in [3.8, 4) is 0 Å². The number of rotatable bonds is 1. The van der Waals surface area contributed by atoms with Crippen LogP contribution in [0.4, 0.5) is 0 Å². The van der Waals surface area contributed by atoms with Gasteiger partial charge in [0.1, 0.15) is 12.2 Å². The smallest absolute Gasteiger partial charge is 0.109 e. The highest BCUT2D eigenvalue weighted by Gasteiger charge is 2.68. The first-order valence-corrected chi connectivity index (χ1v) is 4.38. The number of hydrogen-bond donors (Lipinski definition) is 5. The first kappa shape index (κ1) is 9.36. The third kappa shape index (κ3) is 0.992. The average Bonchev–Trinajstić information content (AvgIpc) is 2.87. The highest BCUT2D eigenvalue weighted by molar-refractivity contribution is 5.17. The van der Waals surface area contributed by atoms with E-state index in [9.17, 15) is 20.4 Å². The topological polar surface area (TPSA) is 101 Å². The standard InChI is InChI=1S/C8H14O5/c9-2-8-1-3(8)4(10)5(11)6(12)7(8)13/h3-7,9-13H,1-2H2/t3-,4+,5+,6-,7-,8+/m1/s1. The summed E-state index contributed by atoms with van der Waals surface area (Å²) in [6.45, 7) is -0.264. The van der Waals surface area contributed by atoms with Crippen LogP contribution in [-0.4, -0.2) is 56.6 Å². The van der Waals surface area contributed by atoms with Gasteiger partial charge in [0.15, 0.2) is 0 Å². The van der Waals surface area contributed by atoms with Crippen molar-refractivity contribution in [1.82, 2.24) is 0 Å². The van der Waals surface area contributed by atoms with Crippen LogP contribution in [0.3, 0.4) is 0 Å². The molecule has 0 heterocycles. The summed E-state index contributed by atoms with van der Waals surface area (Å²) in [5.74, 6) is -0.286. The van der Waals surface area contributed by atoms with Gasteiger partial charge in [0, 0.05) is 5.41 Å². The van der Waals surface area contributed by atoms with E-state index in [-0.39, 0.29) is 12.5 Å². The highest BCUT2D eigenvalue weighted by Crippen LogP contribution is 2.60. The van der Waals surface area contributed by atoms with E-state index in [2.05, 4.69) is 0 Å². The van der Waals surface area contributed by atoms with Crippen LogP contribution in [0.5, 0.6) is 0 Å². The summed E-state index contributed by atoms with van der Waals surface area (Å²) in [7, 11) is 0. The summed E-state index contributed by atoms with van der Waals surface area (Å²) < 4.78 is 0. The van der Waals surface area contributed by atoms with Crippen molar-refractivity contribution in [3.63, 3.8) is 0 Å². The number of hydrogen-bond acceptors (Lipinski definition) is 5. The van der Waals surface area contributed by atoms with Gasteiger partial charge in [-0.25, -0.2) is 0 Å². The molecule has 5 nitrogen and oxygen atoms in total. The van der Waals surface area contributed by atoms with Crippen LogP contribution in [0.15, 0.2) is 0 Å². The van der Waals surface area contributed by atoms with Gasteiger partial charge in [0.05, 0.1) is 18.8 Å². The molecule has 0 aromatic rings. The molecule has 0 aromatic heterocycles. The van der Waals surface area contributed by atoms with Gasteiger partial charge in [0.25, 0.3) is 0 Å². The van der Waals surface area contributed by atoms with Crippen LogP contribution in [0.25, 0.3) is 0 Å². The van der Waals surface area contributed by atoms with Crippen molar-refractivity contribution in [2.45, 2.75) is 30.8 Å². The summed E-state index contributed by atoms with van der Waals surface area (Å²) >= 11 is 0. The van der Waals surface area contributed by atoms with Gasteiger partial charge in [-0.1, -0.05) is 0 Å². The SMILES string of the molecule is OC[C@@]12C[C@@H]1[C@H](O)[C@H](O)[C@@H](O)[C@H]2O. The Kier molecular flexibility index (Phi) is 1.91. The van der Waals surface area contributed by atoms with E-state index >= 15 is 0 Å². The van der Waals surface area contributed by atoms with Crippen LogP contribution in [0.2, 0.25) is 0 Å². The minimum atomic E-state index is -1.36. The molecule has 0 unspecified atom stereocenters. The molecule has 2 aliphatic rings. The third-order valence-electron chi connectivity index (χ3n) is 3.50. The van der Waals surface area contributed by atoms with E-state index in [1.54, 1.807) is 0 Å². The summed E-state index contributed by atoms with van der Waals surface area (Å²) in [6.07, 6.45) is -4.38. The fourth-order valence-corrected chi connectivity index (χ4v) is 2.39. The van der Waals surface area contributed by atoms with E-state index in [1.807, 2.05) is 0 Å². The van der Waals surface area contributed by atoms with E-state index < -0.39 is 29.8 Å². The molecule has 5 N–H and O–H groups in total. The largest absolute Gasteiger partial charge is 0.396 e. The average molecular weight is 190 g/mol. The van der Waals surface area contributed by atoms with Gasteiger partial charge in [-0.05, 0) is 12.3 Å². The summed E-state index contributed by atoms with van der Waals surface area (Å²) in [5.41, 5.74) is -0.780. The molecule has 0 radical (unpaired) electrons. The second-order valence-corrected chi connectivity index (χ2v) is 4.12. The molecule has 2 fully saturated rings. The molecule has 0 aromatic carbocycles. The second-order valence-electron chi connectivity index (χ2n) is 4.12. The molecule has 5 heteroatoms. The van der Waals surface area contributed by atoms with Crippen molar-refractivity contribution in [3.05, 3.63) is 0 Å². The van der Waals surface area contributed by atoms with Crippen LogP contribution in [0, 0.1) is 11.3 Å². The van der Waals surface area contributed by atoms with Gasteiger partial charge in [-0.3, -0.25) is 0 Å². The summed E-state index contributed by atoms with van der Waals surface area (Å²) in [4.78, 5) is 0. The van der Waals surface area contributed by atoms with E-state index in [4.69, 9.17) is 5.11 Å². The lowest BCUT2D eigenvalue weighted by Crippen LogP contribution is -2.55. The molecule has 2 saturated carbocycles. The second kappa shape index (κ2) is 2.65. The van der Waals surface area contributed by atoms with Crippen molar-refractivity contribution >= 4 is 0 Å². The first-order valence-electron chi connectivity index (χ1n) is 4.38. The van der Waals surface area contributed by atoms with Gasteiger partial charge in [0.2, 0.25) is 0 Å². The Balaban J connectivity index is 2.22. The summed E-state index contributed by atoms with van der Waals surface area (Å²) in [6, 6.07) is 0. The predicted octanol–water partition coefficient (Wildman–Crippen LogP) is -2.56. The number of aliphatic hydroxyl groups excluding tert-OH is 5. The zero-order chi connectivity index (χ0) is 9.80. The zero-order valence-corrected chi connectivity index (χ0v) is 7.04. The lowest BCUT2D eigenvalue weighted by Gasteiger charge is -2.37. The van der Waals surface area contributed by atoms with E-state index in [0.29, 0.717) is 6.42 Å². The maximum Gasteiger partial charge on any atom is 0.109 e. The Morgan fingerprint density at radius 2 is 1.62 bits per heavy atom. The van der Waals surface area contributed by atoms with Crippen LogP contribution >= 0.6 is 0 Å². The van der Waals surface area contributed by atoms with E-state index in [1.165, 1.54) is 0 Å². The minimum Gasteiger partial charge on any atom is -0.396 e. The minimum absolute atomic E-state index is 0.264. The van der Waals surface area contributed by atoms with Crippen molar-refractivity contribution in [2.75, 3.05) is 6.61 Å². The quantitative estimate of drug-likeness (QED) is 0.313. The number of aliphatic hydroxyl groups is 5. The van der Waals surface area contributed by atoms with Crippen LogP contribution < -0.4 is 0 Å². The van der Waals surface area contributed by atoms with Crippen molar-refractivity contribution < 1.29 is 25.5 Å². The monoisotopic (exact) mass is 190 g/mol. The van der Waals surface area contributed by atoms with Gasteiger partial charge >= 0.3 is 0 Å². The Labute approximate surface area is 75.3 Å². The lowest BCUT2D eigenvalue weighted by atomic mass is 9.81. The zero-order valence-electron chi connectivity index (χ0n) is 7.04. The summed E-state index contributed by atoms with van der Waals surface area (Å²) in [5, 5.41) is 46.6. The molecule has 6 atom stereocenters. The Bertz CT molecular complexity index is 221. The molecule has 0 bridgehead atoms.